The molecule has 0 radical (unpaired) electrons. The van der Waals surface area contributed by atoms with Crippen LogP contribution in [0.3, 0.4) is 0 Å². The first-order valence-electron chi connectivity index (χ1n) is 15.9. The fourth-order valence-electron chi connectivity index (χ4n) is 5.58. The number of aromatic nitrogens is 4. The zero-order chi connectivity index (χ0) is 35.2. The molecule has 1 saturated heterocycles. The third-order valence-corrected chi connectivity index (χ3v) is 9.37. The van der Waals surface area contributed by atoms with Gasteiger partial charge < -0.3 is 19.5 Å². The standard InChI is InChI=1S/C38H29N5O7S/c44-34(24-13-5-1-6-14-24)42-32-29-33(40-22-39-32)43(23-41-29)35-30(50-37(46)26-17-9-3-10-18-26)31(51-38(47)27-19-11-4-12-20-27)28(49-35)21-48-36(45)25-15-7-2-8-16-25/h1-20,22-23,28,30-31,35H,21H2,(H,39,40,42,44)/t28-,30-,31+,35-/m0/s1. The van der Waals surface area contributed by atoms with Gasteiger partial charge in [0, 0.05) is 11.1 Å². The van der Waals surface area contributed by atoms with Gasteiger partial charge in [-0.15, -0.1) is 0 Å². The van der Waals surface area contributed by atoms with Crippen LogP contribution in [-0.4, -0.2) is 66.5 Å². The van der Waals surface area contributed by atoms with Gasteiger partial charge in [0.1, 0.15) is 19.0 Å². The monoisotopic (exact) mass is 699 g/mol. The van der Waals surface area contributed by atoms with Crippen LogP contribution in [0.4, 0.5) is 5.82 Å². The Labute approximate surface area is 295 Å². The largest absolute Gasteiger partial charge is 0.459 e. The third-order valence-electron chi connectivity index (χ3n) is 8.08. The lowest BCUT2D eigenvalue weighted by Gasteiger charge is -2.24. The van der Waals surface area contributed by atoms with E-state index >= 15 is 0 Å². The van der Waals surface area contributed by atoms with Gasteiger partial charge in [0.25, 0.3) is 5.91 Å². The zero-order valence-electron chi connectivity index (χ0n) is 26.8. The molecule has 4 atom stereocenters. The number of imidazole rings is 1. The summed E-state index contributed by atoms with van der Waals surface area (Å²) in [5.74, 6) is -1.47. The summed E-state index contributed by atoms with van der Waals surface area (Å²) < 4.78 is 20.0. The van der Waals surface area contributed by atoms with Gasteiger partial charge in [0.15, 0.2) is 29.3 Å². The van der Waals surface area contributed by atoms with Crippen LogP contribution in [0.25, 0.3) is 11.2 Å². The second-order valence-electron chi connectivity index (χ2n) is 11.4. The molecule has 12 nitrogen and oxygen atoms in total. The molecule has 2 aromatic heterocycles. The van der Waals surface area contributed by atoms with E-state index in [0.29, 0.717) is 16.7 Å². The van der Waals surface area contributed by atoms with Crippen LogP contribution in [0, 0.1) is 0 Å². The van der Waals surface area contributed by atoms with Crippen LogP contribution in [0.5, 0.6) is 0 Å². The van der Waals surface area contributed by atoms with Crippen LogP contribution in [0.15, 0.2) is 134 Å². The number of ether oxygens (including phenoxy) is 3. The van der Waals surface area contributed by atoms with E-state index in [9.17, 15) is 19.2 Å². The number of thioether (sulfide) groups is 1. The Balaban J connectivity index is 1.25. The van der Waals surface area contributed by atoms with Crippen molar-refractivity contribution in [2.45, 2.75) is 23.7 Å². The summed E-state index contributed by atoms with van der Waals surface area (Å²) in [5, 5.41) is 1.63. The molecular formula is C38H29N5O7S. The van der Waals surface area contributed by atoms with E-state index < -0.39 is 41.5 Å². The number of esters is 2. The number of hydrogen-bond donors (Lipinski definition) is 1. The molecule has 13 heteroatoms. The average Bonchev–Trinajstić information content (AvgIpc) is 3.76. The number of fused-ring (bicyclic) bond motifs is 1. The smallest absolute Gasteiger partial charge is 0.338 e. The van der Waals surface area contributed by atoms with Crippen molar-refractivity contribution in [3.8, 4) is 0 Å². The molecule has 1 aliphatic heterocycles. The lowest BCUT2D eigenvalue weighted by molar-refractivity contribution is -0.0594. The molecule has 1 aliphatic rings. The average molecular weight is 700 g/mol. The van der Waals surface area contributed by atoms with E-state index in [2.05, 4.69) is 20.3 Å². The minimum atomic E-state index is -1.11. The van der Waals surface area contributed by atoms with Crippen LogP contribution in [0.1, 0.15) is 47.7 Å². The highest BCUT2D eigenvalue weighted by Gasteiger charge is 2.50. The van der Waals surface area contributed by atoms with Crippen LogP contribution in [0.2, 0.25) is 0 Å². The van der Waals surface area contributed by atoms with Gasteiger partial charge in [0.2, 0.25) is 5.12 Å². The van der Waals surface area contributed by atoms with E-state index in [1.165, 1.54) is 12.7 Å². The van der Waals surface area contributed by atoms with Crippen molar-refractivity contribution >= 4 is 51.7 Å². The third kappa shape index (κ3) is 7.39. The highest BCUT2D eigenvalue weighted by molar-refractivity contribution is 8.14. The van der Waals surface area contributed by atoms with Gasteiger partial charge in [-0.25, -0.2) is 24.5 Å². The van der Waals surface area contributed by atoms with Crippen LogP contribution >= 0.6 is 11.8 Å². The van der Waals surface area contributed by atoms with Gasteiger partial charge in [-0.2, -0.15) is 0 Å². The second-order valence-corrected chi connectivity index (χ2v) is 12.5. The normalized spacial score (nSPS) is 18.2. The van der Waals surface area contributed by atoms with Crippen molar-refractivity contribution in [3.05, 3.63) is 156 Å². The first-order valence-corrected chi connectivity index (χ1v) is 16.8. The van der Waals surface area contributed by atoms with E-state index in [4.69, 9.17) is 14.2 Å². The topological polar surface area (TPSA) is 152 Å². The number of carbonyl (C=O) groups excluding carboxylic acids is 4. The molecule has 1 amide bonds. The highest BCUT2D eigenvalue weighted by atomic mass is 32.2. The highest BCUT2D eigenvalue weighted by Crippen LogP contribution is 2.42. The summed E-state index contributed by atoms with van der Waals surface area (Å²) in [6, 6.07) is 34.2. The van der Waals surface area contributed by atoms with Crippen molar-refractivity contribution in [2.24, 2.45) is 0 Å². The molecule has 51 heavy (non-hydrogen) atoms. The fourth-order valence-corrected chi connectivity index (χ4v) is 6.72. The Morgan fingerprint density at radius 3 is 1.90 bits per heavy atom. The molecule has 0 unspecified atom stereocenters. The predicted molar refractivity (Wildman–Crippen MR) is 188 cm³/mol. The number of anilines is 1. The van der Waals surface area contributed by atoms with Gasteiger partial charge >= 0.3 is 11.9 Å². The number of rotatable bonds is 10. The van der Waals surface area contributed by atoms with Crippen molar-refractivity contribution in [1.82, 2.24) is 19.5 Å². The Morgan fingerprint density at radius 2 is 1.27 bits per heavy atom. The number of amides is 1. The summed E-state index contributed by atoms with van der Waals surface area (Å²) in [7, 11) is 0. The molecule has 7 rings (SSSR count). The van der Waals surface area contributed by atoms with Crippen molar-refractivity contribution in [3.63, 3.8) is 0 Å². The minimum Gasteiger partial charge on any atom is -0.459 e. The number of nitrogens with zero attached hydrogens (tertiary/aromatic N) is 4. The predicted octanol–water partition coefficient (Wildman–Crippen LogP) is 6.00. The van der Waals surface area contributed by atoms with Crippen molar-refractivity contribution in [2.75, 3.05) is 11.9 Å². The first kappa shape index (κ1) is 33.3. The summed E-state index contributed by atoms with van der Waals surface area (Å²) in [5.41, 5.74) is 2.00. The van der Waals surface area contributed by atoms with Crippen molar-refractivity contribution < 1.29 is 33.4 Å². The molecule has 0 spiro atoms. The van der Waals surface area contributed by atoms with Crippen LogP contribution < -0.4 is 5.32 Å². The van der Waals surface area contributed by atoms with E-state index in [-0.39, 0.29) is 34.3 Å². The molecule has 4 aromatic carbocycles. The molecule has 0 bridgehead atoms. The number of nitrogens with one attached hydrogen (secondary N) is 1. The maximum atomic E-state index is 13.7. The molecular weight excluding hydrogens is 671 g/mol. The molecule has 1 fully saturated rings. The number of benzene rings is 4. The molecule has 254 valence electrons. The fraction of sp³-hybridized carbons (Fsp3) is 0.132. The summed E-state index contributed by atoms with van der Waals surface area (Å²) in [4.78, 5) is 66.4. The Bertz CT molecular complexity index is 2170. The lowest BCUT2D eigenvalue weighted by Crippen LogP contribution is -2.36. The first-order chi connectivity index (χ1) is 25.0. The van der Waals surface area contributed by atoms with Gasteiger partial charge in [-0.1, -0.05) is 96.7 Å². The maximum absolute atomic E-state index is 13.7. The van der Waals surface area contributed by atoms with Crippen molar-refractivity contribution in [1.29, 1.82) is 0 Å². The van der Waals surface area contributed by atoms with E-state index in [0.717, 1.165) is 11.8 Å². The van der Waals surface area contributed by atoms with Gasteiger partial charge in [-0.3, -0.25) is 14.2 Å². The minimum absolute atomic E-state index is 0.155. The second kappa shape index (κ2) is 15.2. The summed E-state index contributed by atoms with van der Waals surface area (Å²) in [6.07, 6.45) is -0.414. The van der Waals surface area contributed by atoms with E-state index in [1.54, 1.807) is 126 Å². The zero-order valence-corrected chi connectivity index (χ0v) is 27.6. The summed E-state index contributed by atoms with van der Waals surface area (Å²) in [6.45, 7) is -0.261. The molecule has 6 aromatic rings. The van der Waals surface area contributed by atoms with E-state index in [1.807, 2.05) is 0 Å². The Morgan fingerprint density at radius 1 is 0.706 bits per heavy atom. The SMILES string of the molecule is O=C(Nc1ncnc2c1ncn2[C@H]1O[C@@H](COC(=O)c2ccccc2)[C@@H](SC(=O)c2ccccc2)[C@@H]1OC(=O)c1ccccc1)c1ccccc1. The number of hydrogen-bond acceptors (Lipinski definition) is 11. The quantitative estimate of drug-likeness (QED) is 0.168. The van der Waals surface area contributed by atoms with Gasteiger partial charge in [-0.05, 0) is 36.4 Å². The summed E-state index contributed by atoms with van der Waals surface area (Å²) >= 11 is 0.921. The molecule has 1 N–H and O–H groups in total. The molecule has 0 aliphatic carbocycles. The number of carbonyl (C=O) groups is 4. The Hall–Kier alpha value is -6.18. The maximum Gasteiger partial charge on any atom is 0.338 e. The van der Waals surface area contributed by atoms with Gasteiger partial charge in [0.05, 0.1) is 22.7 Å². The van der Waals surface area contributed by atoms with Crippen LogP contribution in [-0.2, 0) is 14.2 Å². The molecule has 0 saturated carbocycles. The molecule has 3 heterocycles. The lowest BCUT2D eigenvalue weighted by atomic mass is 10.1. The Kier molecular flexibility index (Phi) is 9.90.